The van der Waals surface area contributed by atoms with E-state index in [9.17, 15) is 34.2 Å². The van der Waals surface area contributed by atoms with Gasteiger partial charge in [0.25, 0.3) is 0 Å². The van der Waals surface area contributed by atoms with E-state index in [2.05, 4.69) is 38.2 Å². The first kappa shape index (κ1) is 59.3. The molecule has 0 aromatic heterocycles. The number of carbonyl (C=O) groups is 3. The van der Waals surface area contributed by atoms with E-state index in [4.69, 9.17) is 14.2 Å². The van der Waals surface area contributed by atoms with Crippen LogP contribution >= 0.6 is 7.94 Å². The van der Waals surface area contributed by atoms with Crippen molar-refractivity contribution in [3.05, 3.63) is 24.3 Å². The molecule has 0 heterocycles. The quantitative estimate of drug-likeness (QED) is 0.0200. The number of allylic oxidation sites excluding steroid dienone is 4. The van der Waals surface area contributed by atoms with E-state index >= 15 is 0 Å². The summed E-state index contributed by atoms with van der Waals surface area (Å²) < 4.78 is 16.1. The van der Waals surface area contributed by atoms with Gasteiger partial charge in [-0.25, -0.2) is 0 Å². The Kier molecular flexibility index (Phi) is 43.7. The lowest BCUT2D eigenvalue weighted by Gasteiger charge is -2.21. The summed E-state index contributed by atoms with van der Waals surface area (Å²) in [5.74, 6) is -4.19. The first-order chi connectivity index (χ1) is 29.6. The van der Waals surface area contributed by atoms with Gasteiger partial charge in [0, 0.05) is 12.8 Å². The van der Waals surface area contributed by atoms with Crippen molar-refractivity contribution in [2.75, 3.05) is 19.8 Å². The summed E-state index contributed by atoms with van der Waals surface area (Å²) in [6.45, 7) is 2.55. The SMILES string of the molecule is CCCCCCCCC=CCCCCCCCCCCCC(=O)OC[C@H](COC(C(=O)CO)[P+](O)(O)O)OC(=O)CCCCCCCCCCCC=CCCCCCCCC. The highest BCUT2D eigenvalue weighted by molar-refractivity contribution is 7.60. The third-order valence-corrected chi connectivity index (χ3v) is 12.3. The highest BCUT2D eigenvalue weighted by atomic mass is 31.2. The maximum absolute atomic E-state index is 12.7. The number of unbranched alkanes of at least 4 members (excludes halogenated alkanes) is 30. The van der Waals surface area contributed by atoms with Crippen molar-refractivity contribution in [1.82, 2.24) is 0 Å². The van der Waals surface area contributed by atoms with Crippen molar-refractivity contribution in [3.63, 3.8) is 0 Å². The summed E-state index contributed by atoms with van der Waals surface area (Å²) >= 11 is 0. The predicted molar refractivity (Wildman–Crippen MR) is 252 cm³/mol. The number of aliphatic hydroxyl groups excluding tert-OH is 1. The third-order valence-electron chi connectivity index (χ3n) is 11.2. The Morgan fingerprint density at radius 2 is 0.787 bits per heavy atom. The van der Waals surface area contributed by atoms with Gasteiger partial charge in [-0.05, 0) is 64.2 Å². The fourth-order valence-corrected chi connectivity index (χ4v) is 8.13. The summed E-state index contributed by atoms with van der Waals surface area (Å²) in [6, 6.07) is 0. The molecule has 11 heteroatoms. The minimum Gasteiger partial charge on any atom is -0.462 e. The fraction of sp³-hybridized carbons (Fsp3) is 0.860. The first-order valence-corrected chi connectivity index (χ1v) is 26.8. The fourth-order valence-electron chi connectivity index (χ4n) is 7.38. The lowest BCUT2D eigenvalue weighted by atomic mass is 10.1. The van der Waals surface area contributed by atoms with E-state index in [1.807, 2.05) is 0 Å². The second-order valence-corrected chi connectivity index (χ2v) is 18.9. The number of Topliss-reactive ketones (excluding diaryl/α,β-unsaturated/α-hetero) is 1. The second-order valence-electron chi connectivity index (χ2n) is 17.2. The van der Waals surface area contributed by atoms with Crippen LogP contribution in [0, 0.1) is 0 Å². The molecule has 0 bridgehead atoms. The van der Waals surface area contributed by atoms with Crippen molar-refractivity contribution in [3.8, 4) is 0 Å². The van der Waals surface area contributed by atoms with Crippen LogP contribution in [0.3, 0.4) is 0 Å². The highest BCUT2D eigenvalue weighted by Crippen LogP contribution is 2.51. The number of esters is 2. The van der Waals surface area contributed by atoms with E-state index in [1.165, 1.54) is 167 Å². The summed E-state index contributed by atoms with van der Waals surface area (Å²) in [6.07, 6.45) is 49.4. The molecule has 1 unspecified atom stereocenters. The average molecular weight is 886 g/mol. The largest absolute Gasteiger partial charge is 0.462 e. The van der Waals surface area contributed by atoms with Crippen LogP contribution in [0.1, 0.15) is 245 Å². The van der Waals surface area contributed by atoms with Crippen LogP contribution in [-0.2, 0) is 28.6 Å². The molecule has 0 saturated heterocycles. The number of rotatable bonds is 47. The lowest BCUT2D eigenvalue weighted by molar-refractivity contribution is -0.164. The van der Waals surface area contributed by atoms with Gasteiger partial charge in [0.15, 0.2) is 6.10 Å². The monoisotopic (exact) mass is 886 g/mol. The van der Waals surface area contributed by atoms with Gasteiger partial charge >= 0.3 is 25.7 Å². The van der Waals surface area contributed by atoms with Crippen molar-refractivity contribution in [2.45, 2.75) is 257 Å². The maximum atomic E-state index is 12.7. The van der Waals surface area contributed by atoms with Gasteiger partial charge in [-0.3, -0.25) is 14.4 Å². The Morgan fingerprint density at radius 1 is 0.459 bits per heavy atom. The molecule has 10 nitrogen and oxygen atoms in total. The predicted octanol–water partition coefficient (Wildman–Crippen LogP) is 13.3. The first-order valence-electron chi connectivity index (χ1n) is 25.1. The van der Waals surface area contributed by atoms with Crippen molar-refractivity contribution in [1.29, 1.82) is 0 Å². The molecule has 61 heavy (non-hydrogen) atoms. The molecule has 0 fully saturated rings. The summed E-state index contributed by atoms with van der Waals surface area (Å²) in [7, 11) is -4.81. The molecule has 0 aliphatic heterocycles. The van der Waals surface area contributed by atoms with Gasteiger partial charge in [-0.1, -0.05) is 192 Å². The highest BCUT2D eigenvalue weighted by Gasteiger charge is 2.49. The Hall–Kier alpha value is -1.68. The number of carbonyl (C=O) groups excluding carboxylic acids is 3. The molecule has 358 valence electrons. The Bertz CT molecular complexity index is 1060. The van der Waals surface area contributed by atoms with E-state index in [1.54, 1.807) is 0 Å². The van der Waals surface area contributed by atoms with E-state index in [0.717, 1.165) is 38.5 Å². The molecule has 0 aromatic rings. The molecule has 0 saturated carbocycles. The summed E-state index contributed by atoms with van der Waals surface area (Å²) in [4.78, 5) is 66.2. The van der Waals surface area contributed by atoms with Gasteiger partial charge < -0.3 is 19.3 Å². The van der Waals surface area contributed by atoms with Crippen LogP contribution in [0.15, 0.2) is 24.3 Å². The molecular weight excluding hydrogens is 792 g/mol. The van der Waals surface area contributed by atoms with Crippen molar-refractivity contribution < 1.29 is 48.4 Å². The molecule has 0 spiro atoms. The average Bonchev–Trinajstić information content (AvgIpc) is 3.23. The zero-order valence-corrected chi connectivity index (χ0v) is 40.1. The minimum atomic E-state index is -4.81. The van der Waals surface area contributed by atoms with E-state index in [-0.39, 0.29) is 19.4 Å². The Labute approximate surface area is 374 Å². The zero-order valence-electron chi connectivity index (χ0n) is 39.2. The standard InChI is InChI=1S/C50H94O10P/c1-3-5-7-9-11-13-15-17-19-21-23-25-27-29-31-33-35-37-39-41-48(53)58-44-46(45-59-50(47(52)43-51)61(55,56)57)60-49(54)42-40-38-36-34-32-30-28-26-24-22-20-18-16-14-12-10-8-6-4-2/h17-20,46,50-51,55-57H,3-16,21-45H2,1-2H3/q+1/t46-,50?/m1/s1. The molecule has 0 radical (unpaired) electrons. The number of ether oxygens (including phenoxy) is 3. The van der Waals surface area contributed by atoms with Crippen LogP contribution in [0.25, 0.3) is 0 Å². The van der Waals surface area contributed by atoms with E-state index < -0.39 is 50.8 Å². The van der Waals surface area contributed by atoms with Crippen LogP contribution in [0.2, 0.25) is 0 Å². The van der Waals surface area contributed by atoms with Gasteiger partial charge in [0.2, 0.25) is 5.78 Å². The van der Waals surface area contributed by atoms with E-state index in [0.29, 0.717) is 12.8 Å². The number of aliphatic hydroxyl groups is 1. The summed E-state index contributed by atoms with van der Waals surface area (Å²) in [5.41, 5.74) is 0. The molecule has 2 atom stereocenters. The third kappa shape index (κ3) is 42.1. The molecule has 0 amide bonds. The maximum Gasteiger partial charge on any atom is 0.443 e. The molecule has 4 N–H and O–H groups in total. The zero-order chi connectivity index (χ0) is 44.9. The van der Waals surface area contributed by atoms with Gasteiger partial charge in [0.1, 0.15) is 13.2 Å². The van der Waals surface area contributed by atoms with Gasteiger partial charge in [-0.2, -0.15) is 14.7 Å². The molecule has 0 aliphatic carbocycles. The van der Waals surface area contributed by atoms with Crippen LogP contribution in [0.4, 0.5) is 0 Å². The van der Waals surface area contributed by atoms with Crippen LogP contribution < -0.4 is 0 Å². The Balaban J connectivity index is 4.23. The molecule has 0 aliphatic rings. The van der Waals surface area contributed by atoms with Crippen LogP contribution in [-0.4, -0.2) is 69.3 Å². The molecular formula is C50H94O10P+. The number of hydrogen-bond donors (Lipinski definition) is 4. The van der Waals surface area contributed by atoms with Crippen molar-refractivity contribution >= 4 is 25.7 Å². The lowest BCUT2D eigenvalue weighted by Crippen LogP contribution is -2.36. The number of hydrogen-bond acceptors (Lipinski definition) is 10. The molecule has 0 aromatic carbocycles. The van der Waals surface area contributed by atoms with Crippen molar-refractivity contribution in [2.24, 2.45) is 0 Å². The Morgan fingerprint density at radius 3 is 1.13 bits per heavy atom. The van der Waals surface area contributed by atoms with Gasteiger partial charge in [0.05, 0.1) is 6.61 Å². The summed E-state index contributed by atoms with van der Waals surface area (Å²) in [5, 5.41) is 9.19. The number of ketones is 1. The normalized spacial score (nSPS) is 13.0. The smallest absolute Gasteiger partial charge is 0.443 e. The topological polar surface area (TPSA) is 160 Å². The second kappa shape index (κ2) is 44.9. The van der Waals surface area contributed by atoms with Gasteiger partial charge in [-0.15, -0.1) is 0 Å². The molecule has 0 rings (SSSR count). The van der Waals surface area contributed by atoms with Crippen LogP contribution in [0.5, 0.6) is 0 Å². The minimum absolute atomic E-state index is 0.156.